The molecule has 0 fully saturated rings. The molecule has 2 rings (SSSR count). The third-order valence-corrected chi connectivity index (χ3v) is 4.08. The first kappa shape index (κ1) is 14.8. The molecule has 0 atom stereocenters. The smallest absolute Gasteiger partial charge is 0.216 e. The molecule has 0 aliphatic carbocycles. The molecule has 0 radical (unpaired) electrons. The molecule has 4 nitrogen and oxygen atoms in total. The van der Waals surface area contributed by atoms with Crippen LogP contribution in [0.25, 0.3) is 0 Å². The van der Waals surface area contributed by atoms with Gasteiger partial charge in [-0.3, -0.25) is 0 Å². The summed E-state index contributed by atoms with van der Waals surface area (Å²) in [6.07, 6.45) is 0. The van der Waals surface area contributed by atoms with Gasteiger partial charge >= 0.3 is 0 Å². The van der Waals surface area contributed by atoms with Crippen molar-refractivity contribution in [2.24, 2.45) is 7.05 Å². The standard InChI is InChI=1S/C15H21N3OS/c1-5-20-14-9-7-6-8-13(14)16-10-12-11(2)17-18(3)15(12)19-4/h6-9,16H,5,10H2,1-4H3. The number of aryl methyl sites for hydroxylation is 2. The maximum atomic E-state index is 5.42. The minimum Gasteiger partial charge on any atom is -0.481 e. The maximum absolute atomic E-state index is 5.42. The number of methoxy groups -OCH3 is 1. The fourth-order valence-corrected chi connectivity index (χ4v) is 3.00. The molecule has 1 heterocycles. The Morgan fingerprint density at radius 3 is 2.80 bits per heavy atom. The van der Waals surface area contributed by atoms with E-state index >= 15 is 0 Å². The summed E-state index contributed by atoms with van der Waals surface area (Å²) in [7, 11) is 3.58. The van der Waals surface area contributed by atoms with Gasteiger partial charge in [0.25, 0.3) is 0 Å². The monoisotopic (exact) mass is 291 g/mol. The first-order valence-corrected chi connectivity index (χ1v) is 7.68. The number of aromatic nitrogens is 2. The van der Waals surface area contributed by atoms with Crippen LogP contribution in [0.2, 0.25) is 0 Å². The van der Waals surface area contributed by atoms with Crippen molar-refractivity contribution in [3.8, 4) is 5.88 Å². The Morgan fingerprint density at radius 1 is 1.35 bits per heavy atom. The third-order valence-electron chi connectivity index (χ3n) is 3.12. The van der Waals surface area contributed by atoms with Crippen molar-refractivity contribution >= 4 is 17.4 Å². The van der Waals surface area contributed by atoms with Crippen LogP contribution in [-0.2, 0) is 13.6 Å². The molecule has 1 N–H and O–H groups in total. The van der Waals surface area contributed by atoms with Gasteiger partial charge in [0, 0.05) is 24.2 Å². The van der Waals surface area contributed by atoms with Crippen molar-refractivity contribution in [3.63, 3.8) is 0 Å². The lowest BCUT2D eigenvalue weighted by Crippen LogP contribution is -2.03. The van der Waals surface area contributed by atoms with Gasteiger partial charge < -0.3 is 10.1 Å². The van der Waals surface area contributed by atoms with E-state index in [9.17, 15) is 0 Å². The van der Waals surface area contributed by atoms with Crippen molar-refractivity contribution in [2.75, 3.05) is 18.2 Å². The molecule has 0 spiro atoms. The summed E-state index contributed by atoms with van der Waals surface area (Å²) in [5, 5.41) is 7.89. The van der Waals surface area contributed by atoms with Gasteiger partial charge in [-0.1, -0.05) is 19.1 Å². The topological polar surface area (TPSA) is 39.1 Å². The number of nitrogens with zero attached hydrogens (tertiary/aromatic N) is 2. The number of hydrogen-bond acceptors (Lipinski definition) is 4. The summed E-state index contributed by atoms with van der Waals surface area (Å²) >= 11 is 1.84. The lowest BCUT2D eigenvalue weighted by Gasteiger charge is -2.11. The Bertz CT molecular complexity index is 580. The summed E-state index contributed by atoms with van der Waals surface area (Å²) in [4.78, 5) is 1.27. The third kappa shape index (κ3) is 3.10. The maximum Gasteiger partial charge on any atom is 0.216 e. The molecule has 1 aromatic heterocycles. The van der Waals surface area contributed by atoms with Crippen LogP contribution >= 0.6 is 11.8 Å². The van der Waals surface area contributed by atoms with Crippen LogP contribution in [0.3, 0.4) is 0 Å². The molecule has 0 aliphatic heterocycles. The Balaban J connectivity index is 2.17. The number of hydrogen-bond donors (Lipinski definition) is 1. The number of anilines is 1. The lowest BCUT2D eigenvalue weighted by molar-refractivity contribution is 0.370. The Morgan fingerprint density at radius 2 is 2.10 bits per heavy atom. The molecule has 0 unspecified atom stereocenters. The van der Waals surface area contributed by atoms with E-state index in [0.29, 0.717) is 6.54 Å². The van der Waals surface area contributed by atoms with E-state index < -0.39 is 0 Å². The molecule has 20 heavy (non-hydrogen) atoms. The molecule has 2 aromatic rings. The number of thioether (sulfide) groups is 1. The molecular weight excluding hydrogens is 270 g/mol. The zero-order chi connectivity index (χ0) is 14.5. The zero-order valence-electron chi connectivity index (χ0n) is 12.4. The molecule has 0 saturated carbocycles. The van der Waals surface area contributed by atoms with Crippen LogP contribution in [-0.4, -0.2) is 22.6 Å². The van der Waals surface area contributed by atoms with Crippen molar-refractivity contribution in [1.29, 1.82) is 0 Å². The number of ether oxygens (including phenoxy) is 1. The number of rotatable bonds is 6. The van der Waals surface area contributed by atoms with Gasteiger partial charge in [0.15, 0.2) is 0 Å². The average molecular weight is 291 g/mol. The Kier molecular flexibility index (Phi) is 4.95. The summed E-state index contributed by atoms with van der Waals surface area (Å²) in [6.45, 7) is 4.88. The fourth-order valence-electron chi connectivity index (χ4n) is 2.22. The van der Waals surface area contributed by atoms with E-state index in [4.69, 9.17) is 4.74 Å². The van der Waals surface area contributed by atoms with E-state index in [2.05, 4.69) is 41.6 Å². The summed E-state index contributed by atoms with van der Waals surface area (Å²) in [5.74, 6) is 1.88. The van der Waals surface area contributed by atoms with E-state index in [1.165, 1.54) is 4.90 Å². The first-order valence-electron chi connectivity index (χ1n) is 6.69. The summed E-state index contributed by atoms with van der Waals surface area (Å²) in [5.41, 5.74) is 3.26. The minimum atomic E-state index is 0.712. The molecule has 1 aromatic carbocycles. The van der Waals surface area contributed by atoms with Gasteiger partial charge in [0.1, 0.15) is 0 Å². The highest BCUT2D eigenvalue weighted by Gasteiger charge is 2.13. The number of para-hydroxylation sites is 1. The van der Waals surface area contributed by atoms with Gasteiger partial charge in [-0.25, -0.2) is 4.68 Å². The highest BCUT2D eigenvalue weighted by Crippen LogP contribution is 2.28. The second-order valence-corrected chi connectivity index (χ2v) is 5.79. The normalized spacial score (nSPS) is 10.6. The van der Waals surface area contributed by atoms with E-state index in [0.717, 1.165) is 28.6 Å². The molecule has 0 bridgehead atoms. The number of nitrogens with one attached hydrogen (secondary N) is 1. The molecular formula is C15H21N3OS. The van der Waals surface area contributed by atoms with Crippen molar-refractivity contribution < 1.29 is 4.74 Å². The van der Waals surface area contributed by atoms with Crippen LogP contribution in [0, 0.1) is 6.92 Å². The fraction of sp³-hybridized carbons (Fsp3) is 0.400. The van der Waals surface area contributed by atoms with Crippen molar-refractivity contribution in [2.45, 2.75) is 25.3 Å². The zero-order valence-corrected chi connectivity index (χ0v) is 13.3. The second kappa shape index (κ2) is 6.70. The minimum absolute atomic E-state index is 0.712. The highest BCUT2D eigenvalue weighted by molar-refractivity contribution is 7.99. The Labute approximate surface area is 124 Å². The predicted octanol–water partition coefficient (Wildman–Crippen LogP) is 3.46. The van der Waals surface area contributed by atoms with E-state index in [1.807, 2.05) is 25.7 Å². The van der Waals surface area contributed by atoms with Gasteiger partial charge in [-0.05, 0) is 24.8 Å². The van der Waals surface area contributed by atoms with Gasteiger partial charge in [-0.2, -0.15) is 5.10 Å². The lowest BCUT2D eigenvalue weighted by atomic mass is 10.2. The first-order chi connectivity index (χ1) is 9.67. The van der Waals surface area contributed by atoms with Crippen molar-refractivity contribution in [1.82, 2.24) is 9.78 Å². The quantitative estimate of drug-likeness (QED) is 0.827. The summed E-state index contributed by atoms with van der Waals surface area (Å²) in [6, 6.07) is 8.37. The Hall–Kier alpha value is -1.62. The molecule has 0 aliphatic rings. The average Bonchev–Trinajstić information content (AvgIpc) is 2.71. The highest BCUT2D eigenvalue weighted by atomic mass is 32.2. The van der Waals surface area contributed by atoms with Crippen LogP contribution in [0.1, 0.15) is 18.2 Å². The number of benzene rings is 1. The SMILES string of the molecule is CCSc1ccccc1NCc1c(C)nn(C)c1OC. The van der Waals surface area contributed by atoms with Gasteiger partial charge in [0.05, 0.1) is 18.4 Å². The van der Waals surface area contributed by atoms with Crippen LogP contribution in [0.15, 0.2) is 29.2 Å². The van der Waals surface area contributed by atoms with Crippen LogP contribution in [0.4, 0.5) is 5.69 Å². The van der Waals surface area contributed by atoms with Gasteiger partial charge in [0.2, 0.25) is 5.88 Å². The van der Waals surface area contributed by atoms with Crippen LogP contribution < -0.4 is 10.1 Å². The predicted molar refractivity (Wildman–Crippen MR) is 84.7 cm³/mol. The van der Waals surface area contributed by atoms with Gasteiger partial charge in [-0.15, -0.1) is 11.8 Å². The van der Waals surface area contributed by atoms with Crippen molar-refractivity contribution in [3.05, 3.63) is 35.5 Å². The second-order valence-electron chi connectivity index (χ2n) is 4.48. The molecule has 108 valence electrons. The molecule has 0 amide bonds. The molecule has 5 heteroatoms. The molecule has 0 saturated heterocycles. The van der Waals surface area contributed by atoms with E-state index in [-0.39, 0.29) is 0 Å². The van der Waals surface area contributed by atoms with E-state index in [1.54, 1.807) is 11.8 Å². The van der Waals surface area contributed by atoms with Crippen LogP contribution in [0.5, 0.6) is 5.88 Å². The summed E-state index contributed by atoms with van der Waals surface area (Å²) < 4.78 is 7.20. The largest absolute Gasteiger partial charge is 0.481 e.